The molecule has 1 heterocycles. The largest absolute Gasteiger partial charge is 0.490 e. The summed E-state index contributed by atoms with van der Waals surface area (Å²) in [5, 5.41) is 3.45. The van der Waals surface area contributed by atoms with E-state index in [9.17, 15) is 0 Å². The number of rotatable bonds is 3. The van der Waals surface area contributed by atoms with Gasteiger partial charge in [-0.25, -0.2) is 0 Å². The standard InChI is InChI=1S/C14H20N2O/c1-15-14(5-6-14)10-11-3-4-13-12(9-11)16(2)7-8-17-13/h3-4,9,15H,5-8,10H2,1-2H3. The van der Waals surface area contributed by atoms with Crippen molar-refractivity contribution in [1.29, 1.82) is 0 Å². The maximum absolute atomic E-state index is 5.66. The van der Waals surface area contributed by atoms with Crippen LogP contribution in [0.3, 0.4) is 0 Å². The first kappa shape index (κ1) is 10.9. The molecule has 3 rings (SSSR count). The maximum Gasteiger partial charge on any atom is 0.142 e. The number of anilines is 1. The van der Waals surface area contributed by atoms with Gasteiger partial charge in [0, 0.05) is 12.6 Å². The van der Waals surface area contributed by atoms with E-state index in [2.05, 4.69) is 42.5 Å². The molecule has 0 bridgehead atoms. The molecular weight excluding hydrogens is 212 g/mol. The Balaban J connectivity index is 1.84. The Bertz CT molecular complexity index is 426. The van der Waals surface area contributed by atoms with Crippen LogP contribution in [0.2, 0.25) is 0 Å². The molecule has 1 aromatic rings. The van der Waals surface area contributed by atoms with Crippen molar-refractivity contribution in [1.82, 2.24) is 5.32 Å². The number of likely N-dealkylation sites (N-methyl/N-ethyl adjacent to an activating group) is 2. The minimum atomic E-state index is 0.377. The van der Waals surface area contributed by atoms with E-state index < -0.39 is 0 Å². The molecule has 0 saturated heterocycles. The van der Waals surface area contributed by atoms with Crippen molar-refractivity contribution in [3.8, 4) is 5.75 Å². The molecular formula is C14H20N2O. The molecule has 1 saturated carbocycles. The molecule has 1 aliphatic heterocycles. The van der Waals surface area contributed by atoms with Gasteiger partial charge in [-0.05, 0) is 44.0 Å². The zero-order valence-corrected chi connectivity index (χ0v) is 10.6. The van der Waals surface area contributed by atoms with Gasteiger partial charge in [0.1, 0.15) is 12.4 Å². The van der Waals surface area contributed by atoms with E-state index in [4.69, 9.17) is 4.74 Å². The number of hydrogen-bond donors (Lipinski definition) is 1. The monoisotopic (exact) mass is 232 g/mol. The highest BCUT2D eigenvalue weighted by atomic mass is 16.5. The number of hydrogen-bond acceptors (Lipinski definition) is 3. The van der Waals surface area contributed by atoms with Crippen molar-refractivity contribution in [2.45, 2.75) is 24.8 Å². The predicted molar refractivity (Wildman–Crippen MR) is 69.9 cm³/mol. The van der Waals surface area contributed by atoms with Crippen molar-refractivity contribution < 1.29 is 4.74 Å². The number of nitrogens with one attached hydrogen (secondary N) is 1. The summed E-state index contributed by atoms with van der Waals surface area (Å²) in [5.74, 6) is 1.02. The van der Waals surface area contributed by atoms with Gasteiger partial charge >= 0.3 is 0 Å². The van der Waals surface area contributed by atoms with Gasteiger partial charge in [-0.1, -0.05) is 6.07 Å². The Morgan fingerprint density at radius 1 is 1.41 bits per heavy atom. The number of nitrogens with zero attached hydrogens (tertiary/aromatic N) is 1. The molecule has 1 N–H and O–H groups in total. The van der Waals surface area contributed by atoms with E-state index in [0.717, 1.165) is 25.3 Å². The van der Waals surface area contributed by atoms with Crippen molar-refractivity contribution in [2.24, 2.45) is 0 Å². The lowest BCUT2D eigenvalue weighted by Gasteiger charge is -2.28. The fourth-order valence-corrected chi connectivity index (χ4v) is 2.56. The van der Waals surface area contributed by atoms with Crippen LogP contribution in [0.1, 0.15) is 18.4 Å². The summed E-state index contributed by atoms with van der Waals surface area (Å²) in [6, 6.07) is 6.60. The van der Waals surface area contributed by atoms with Crippen molar-refractivity contribution in [3.05, 3.63) is 23.8 Å². The van der Waals surface area contributed by atoms with Crippen LogP contribution in [0.25, 0.3) is 0 Å². The number of ether oxygens (including phenoxy) is 1. The first-order chi connectivity index (χ1) is 8.22. The smallest absolute Gasteiger partial charge is 0.142 e. The molecule has 0 radical (unpaired) electrons. The van der Waals surface area contributed by atoms with E-state index in [0.29, 0.717) is 5.54 Å². The number of fused-ring (bicyclic) bond motifs is 1. The molecule has 0 atom stereocenters. The Morgan fingerprint density at radius 2 is 2.24 bits per heavy atom. The summed E-state index contributed by atoms with van der Waals surface area (Å²) in [5.41, 5.74) is 3.02. The van der Waals surface area contributed by atoms with Gasteiger partial charge in [0.05, 0.1) is 12.2 Å². The average Bonchev–Trinajstić information content (AvgIpc) is 3.11. The Labute approximate surface area is 103 Å². The Morgan fingerprint density at radius 3 is 2.94 bits per heavy atom. The van der Waals surface area contributed by atoms with E-state index in [1.54, 1.807) is 0 Å². The highest BCUT2D eigenvalue weighted by Gasteiger charge is 2.40. The summed E-state index contributed by atoms with van der Waals surface area (Å²) in [6.45, 7) is 1.77. The van der Waals surface area contributed by atoms with Crippen LogP contribution in [0, 0.1) is 0 Å². The van der Waals surface area contributed by atoms with Crippen LogP contribution in [-0.4, -0.2) is 32.8 Å². The quantitative estimate of drug-likeness (QED) is 0.860. The van der Waals surface area contributed by atoms with Crippen molar-refractivity contribution in [2.75, 3.05) is 32.1 Å². The molecule has 92 valence electrons. The molecule has 0 amide bonds. The van der Waals surface area contributed by atoms with Gasteiger partial charge < -0.3 is 15.0 Å². The highest BCUT2D eigenvalue weighted by Crippen LogP contribution is 2.40. The molecule has 17 heavy (non-hydrogen) atoms. The van der Waals surface area contributed by atoms with Gasteiger partial charge in [-0.3, -0.25) is 0 Å². The van der Waals surface area contributed by atoms with E-state index in [1.807, 2.05) is 0 Å². The fourth-order valence-electron chi connectivity index (χ4n) is 2.56. The summed E-state index contributed by atoms with van der Waals surface area (Å²) in [4.78, 5) is 2.28. The predicted octanol–water partition coefficient (Wildman–Crippen LogP) is 1.81. The molecule has 3 heteroatoms. The molecule has 3 nitrogen and oxygen atoms in total. The molecule has 0 unspecified atom stereocenters. The van der Waals surface area contributed by atoms with E-state index in [-0.39, 0.29) is 0 Å². The zero-order chi connectivity index (χ0) is 11.9. The first-order valence-electron chi connectivity index (χ1n) is 6.38. The van der Waals surface area contributed by atoms with Gasteiger partial charge in [0.15, 0.2) is 0 Å². The van der Waals surface area contributed by atoms with Crippen molar-refractivity contribution >= 4 is 5.69 Å². The molecule has 0 aromatic heterocycles. The lowest BCUT2D eigenvalue weighted by molar-refractivity contribution is 0.311. The Hall–Kier alpha value is -1.22. The lowest BCUT2D eigenvalue weighted by Crippen LogP contribution is -2.31. The maximum atomic E-state index is 5.66. The summed E-state index contributed by atoms with van der Waals surface area (Å²) >= 11 is 0. The van der Waals surface area contributed by atoms with Crippen LogP contribution < -0.4 is 15.0 Å². The second-order valence-corrected chi connectivity index (χ2v) is 5.28. The average molecular weight is 232 g/mol. The summed E-state index contributed by atoms with van der Waals surface area (Å²) in [7, 11) is 4.21. The minimum Gasteiger partial charge on any atom is -0.490 e. The zero-order valence-electron chi connectivity index (χ0n) is 10.6. The minimum absolute atomic E-state index is 0.377. The summed E-state index contributed by atoms with van der Waals surface area (Å²) in [6.07, 6.45) is 3.73. The summed E-state index contributed by atoms with van der Waals surface area (Å²) < 4.78 is 5.66. The molecule has 0 spiro atoms. The van der Waals surface area contributed by atoms with Gasteiger partial charge in [0.25, 0.3) is 0 Å². The fraction of sp³-hybridized carbons (Fsp3) is 0.571. The highest BCUT2D eigenvalue weighted by molar-refractivity contribution is 5.61. The van der Waals surface area contributed by atoms with Gasteiger partial charge in [-0.2, -0.15) is 0 Å². The second-order valence-electron chi connectivity index (χ2n) is 5.28. The Kier molecular flexibility index (Phi) is 2.51. The third kappa shape index (κ3) is 2.00. The molecule has 2 aliphatic rings. The lowest BCUT2D eigenvalue weighted by atomic mass is 10.0. The number of benzene rings is 1. The molecule has 1 aliphatic carbocycles. The van der Waals surface area contributed by atoms with Gasteiger partial charge in [0.2, 0.25) is 0 Å². The van der Waals surface area contributed by atoms with Crippen molar-refractivity contribution in [3.63, 3.8) is 0 Å². The van der Waals surface area contributed by atoms with Crippen LogP contribution in [0.15, 0.2) is 18.2 Å². The van der Waals surface area contributed by atoms with Crippen LogP contribution >= 0.6 is 0 Å². The van der Waals surface area contributed by atoms with Crippen LogP contribution in [0.5, 0.6) is 5.75 Å². The van der Waals surface area contributed by atoms with E-state index in [1.165, 1.54) is 24.1 Å². The third-order valence-corrected chi connectivity index (χ3v) is 4.05. The molecule has 1 aromatic carbocycles. The topological polar surface area (TPSA) is 24.5 Å². The van der Waals surface area contributed by atoms with Gasteiger partial charge in [-0.15, -0.1) is 0 Å². The van der Waals surface area contributed by atoms with E-state index >= 15 is 0 Å². The SMILES string of the molecule is CNC1(Cc2ccc3c(c2)N(C)CCO3)CC1. The third-order valence-electron chi connectivity index (χ3n) is 4.05. The second kappa shape index (κ2) is 3.91. The molecule has 1 fully saturated rings. The normalized spacial score (nSPS) is 20.7. The first-order valence-corrected chi connectivity index (χ1v) is 6.38. The van der Waals surface area contributed by atoms with Crippen LogP contribution in [0.4, 0.5) is 5.69 Å². The van der Waals surface area contributed by atoms with Crippen LogP contribution in [-0.2, 0) is 6.42 Å².